The van der Waals surface area contributed by atoms with E-state index in [0.29, 0.717) is 76.9 Å². The highest BCUT2D eigenvalue weighted by Crippen LogP contribution is 2.29. The zero-order chi connectivity index (χ0) is 21.5. The van der Waals surface area contributed by atoms with Crippen LogP contribution in [0, 0.1) is 0 Å². The summed E-state index contributed by atoms with van der Waals surface area (Å²) >= 11 is 3.54. The molecule has 1 amide bonds. The predicted octanol–water partition coefficient (Wildman–Crippen LogP) is 2.86. The quantitative estimate of drug-likeness (QED) is 0.246. The fourth-order valence-electron chi connectivity index (χ4n) is 2.31. The van der Waals surface area contributed by atoms with Crippen LogP contribution in [0.2, 0.25) is 0 Å². The van der Waals surface area contributed by atoms with E-state index in [9.17, 15) is 4.79 Å². The molecule has 0 radical (unpaired) electrons. The minimum atomic E-state index is -0.490. The van der Waals surface area contributed by atoms with Crippen LogP contribution in [0.1, 0.15) is 33.6 Å². The molecule has 1 saturated carbocycles. The van der Waals surface area contributed by atoms with Crippen molar-refractivity contribution in [1.29, 1.82) is 0 Å². The van der Waals surface area contributed by atoms with Gasteiger partial charge in [0.1, 0.15) is 5.60 Å². The number of carbonyl (C=O) groups excluding carboxylic acids is 1. The first-order chi connectivity index (χ1) is 13.8. The monoisotopic (exact) mass is 483 g/mol. The number of alkyl halides is 1. The van der Waals surface area contributed by atoms with Crippen molar-refractivity contribution in [3.63, 3.8) is 0 Å². The van der Waals surface area contributed by atoms with Crippen molar-refractivity contribution in [2.24, 2.45) is 0 Å². The van der Waals surface area contributed by atoms with Gasteiger partial charge in [0, 0.05) is 18.4 Å². The standard InChI is InChI=1S/C20H38BrNO7/c1-20(2,3)29-19(23)22(4)5-6-24-7-8-25-9-10-26-11-12-27-13-14-28-18-15-17(21)16-18/h17-18H,5-16H2,1-4H3. The Balaban J connectivity index is 1.75. The van der Waals surface area contributed by atoms with Gasteiger partial charge < -0.3 is 33.3 Å². The zero-order valence-electron chi connectivity index (χ0n) is 18.3. The molecule has 1 fully saturated rings. The van der Waals surface area contributed by atoms with Crippen LogP contribution in [-0.4, -0.2) is 101 Å². The highest BCUT2D eigenvalue weighted by molar-refractivity contribution is 9.09. The second kappa shape index (κ2) is 15.4. The third kappa shape index (κ3) is 15.1. The van der Waals surface area contributed by atoms with Gasteiger partial charge in [-0.2, -0.15) is 0 Å². The second-order valence-electron chi connectivity index (χ2n) is 7.91. The van der Waals surface area contributed by atoms with Crippen molar-refractivity contribution < 1.29 is 33.2 Å². The highest BCUT2D eigenvalue weighted by atomic mass is 79.9. The minimum absolute atomic E-state index is 0.350. The number of halogens is 1. The lowest BCUT2D eigenvalue weighted by Gasteiger charge is -2.30. The highest BCUT2D eigenvalue weighted by Gasteiger charge is 2.27. The Morgan fingerprint density at radius 2 is 1.31 bits per heavy atom. The smallest absolute Gasteiger partial charge is 0.410 e. The summed E-state index contributed by atoms with van der Waals surface area (Å²) in [4.78, 5) is 13.9. The summed E-state index contributed by atoms with van der Waals surface area (Å²) in [6.07, 6.45) is 2.23. The molecule has 1 rings (SSSR count). The summed E-state index contributed by atoms with van der Waals surface area (Å²) in [6.45, 7) is 10.8. The molecule has 1 aliphatic rings. The first-order valence-corrected chi connectivity index (χ1v) is 11.2. The van der Waals surface area contributed by atoms with Gasteiger partial charge in [0.15, 0.2) is 0 Å². The van der Waals surface area contributed by atoms with Gasteiger partial charge in [-0.3, -0.25) is 0 Å². The molecule has 9 heteroatoms. The lowest BCUT2D eigenvalue weighted by Crippen LogP contribution is -2.36. The Morgan fingerprint density at radius 1 is 0.862 bits per heavy atom. The summed E-state index contributed by atoms with van der Waals surface area (Å²) < 4.78 is 32.7. The topological polar surface area (TPSA) is 75.7 Å². The minimum Gasteiger partial charge on any atom is -0.444 e. The van der Waals surface area contributed by atoms with Gasteiger partial charge in [-0.25, -0.2) is 4.79 Å². The van der Waals surface area contributed by atoms with E-state index in [1.165, 1.54) is 4.90 Å². The van der Waals surface area contributed by atoms with Gasteiger partial charge in [0.05, 0.1) is 65.6 Å². The Kier molecular flexibility index (Phi) is 14.1. The average molecular weight is 484 g/mol. The van der Waals surface area contributed by atoms with Crippen molar-refractivity contribution in [3.05, 3.63) is 0 Å². The van der Waals surface area contributed by atoms with Crippen LogP contribution in [-0.2, 0) is 28.4 Å². The number of nitrogens with zero attached hydrogens (tertiary/aromatic N) is 1. The fraction of sp³-hybridized carbons (Fsp3) is 0.950. The van der Waals surface area contributed by atoms with Crippen LogP contribution in [0.5, 0.6) is 0 Å². The van der Waals surface area contributed by atoms with Crippen LogP contribution in [0.25, 0.3) is 0 Å². The third-order valence-corrected chi connectivity index (χ3v) is 4.76. The van der Waals surface area contributed by atoms with Crippen molar-refractivity contribution in [2.75, 3.05) is 73.1 Å². The van der Waals surface area contributed by atoms with Crippen LogP contribution in [0.3, 0.4) is 0 Å². The van der Waals surface area contributed by atoms with E-state index in [1.54, 1.807) is 7.05 Å². The van der Waals surface area contributed by atoms with Gasteiger partial charge >= 0.3 is 6.09 Å². The summed E-state index contributed by atoms with van der Waals surface area (Å²) in [5.41, 5.74) is -0.490. The molecule has 29 heavy (non-hydrogen) atoms. The van der Waals surface area contributed by atoms with Gasteiger partial charge in [-0.15, -0.1) is 0 Å². The van der Waals surface area contributed by atoms with Crippen molar-refractivity contribution in [2.45, 2.75) is 50.1 Å². The van der Waals surface area contributed by atoms with E-state index < -0.39 is 5.60 Å². The van der Waals surface area contributed by atoms with Crippen LogP contribution >= 0.6 is 15.9 Å². The maximum absolute atomic E-state index is 11.8. The Bertz CT molecular complexity index is 428. The molecule has 0 unspecified atom stereocenters. The normalized spacial score (nSPS) is 19.1. The number of hydrogen-bond donors (Lipinski definition) is 0. The number of hydrogen-bond acceptors (Lipinski definition) is 7. The molecule has 0 aromatic carbocycles. The number of amides is 1. The van der Waals surface area contributed by atoms with Gasteiger partial charge in [0.25, 0.3) is 0 Å². The van der Waals surface area contributed by atoms with Gasteiger partial charge in [0.2, 0.25) is 0 Å². The predicted molar refractivity (Wildman–Crippen MR) is 114 cm³/mol. The molecule has 0 bridgehead atoms. The van der Waals surface area contributed by atoms with Crippen molar-refractivity contribution >= 4 is 22.0 Å². The molecule has 0 spiro atoms. The molecule has 0 aliphatic heterocycles. The lowest BCUT2D eigenvalue weighted by atomic mass is 9.96. The largest absolute Gasteiger partial charge is 0.444 e. The van der Waals surface area contributed by atoms with Crippen LogP contribution in [0.4, 0.5) is 4.79 Å². The summed E-state index contributed by atoms with van der Waals surface area (Å²) in [6, 6.07) is 0. The van der Waals surface area contributed by atoms with E-state index in [1.807, 2.05) is 20.8 Å². The Labute approximate surface area is 183 Å². The molecule has 0 heterocycles. The van der Waals surface area contributed by atoms with Crippen molar-refractivity contribution in [1.82, 2.24) is 4.90 Å². The SMILES string of the molecule is CN(CCOCCOCCOCCOCCOC1CC(Br)C1)C(=O)OC(C)(C)C. The molecule has 8 nitrogen and oxygen atoms in total. The molecular weight excluding hydrogens is 446 g/mol. The second-order valence-corrected chi connectivity index (χ2v) is 9.21. The molecule has 0 atom stereocenters. The van der Waals surface area contributed by atoms with E-state index >= 15 is 0 Å². The molecular formula is C20H38BrNO7. The lowest BCUT2D eigenvalue weighted by molar-refractivity contribution is -0.0388. The number of likely N-dealkylation sites (N-methyl/N-ethyl adjacent to an activating group) is 1. The van der Waals surface area contributed by atoms with Crippen LogP contribution < -0.4 is 0 Å². The number of ether oxygens (including phenoxy) is 6. The maximum atomic E-state index is 11.8. The van der Waals surface area contributed by atoms with E-state index in [-0.39, 0.29) is 6.09 Å². The third-order valence-electron chi connectivity index (χ3n) is 4.01. The Hall–Kier alpha value is -0.450. The average Bonchev–Trinajstić information content (AvgIpc) is 2.61. The number of rotatable bonds is 16. The summed E-state index contributed by atoms with van der Waals surface area (Å²) in [5.74, 6) is 0. The van der Waals surface area contributed by atoms with E-state index in [0.717, 1.165) is 12.8 Å². The fourth-order valence-corrected chi connectivity index (χ4v) is 3.14. The molecule has 1 aliphatic carbocycles. The summed E-state index contributed by atoms with van der Waals surface area (Å²) in [5, 5.41) is 0. The first-order valence-electron chi connectivity index (χ1n) is 10.3. The van der Waals surface area contributed by atoms with Gasteiger partial charge in [-0.1, -0.05) is 15.9 Å². The molecule has 0 aromatic heterocycles. The molecule has 0 saturated heterocycles. The first kappa shape index (κ1) is 26.6. The zero-order valence-corrected chi connectivity index (χ0v) is 19.9. The van der Waals surface area contributed by atoms with E-state index in [4.69, 9.17) is 28.4 Å². The maximum Gasteiger partial charge on any atom is 0.410 e. The molecule has 172 valence electrons. The van der Waals surface area contributed by atoms with Crippen LogP contribution in [0.15, 0.2) is 0 Å². The van der Waals surface area contributed by atoms with Gasteiger partial charge in [-0.05, 0) is 33.6 Å². The number of carbonyl (C=O) groups is 1. The molecule has 0 N–H and O–H groups in total. The van der Waals surface area contributed by atoms with Crippen molar-refractivity contribution in [3.8, 4) is 0 Å². The van der Waals surface area contributed by atoms with E-state index in [2.05, 4.69) is 15.9 Å². The molecule has 0 aromatic rings. The Morgan fingerprint density at radius 3 is 1.76 bits per heavy atom. The summed E-state index contributed by atoms with van der Waals surface area (Å²) in [7, 11) is 1.69.